The Balaban J connectivity index is 2.44. The van der Waals surface area contributed by atoms with Crippen LogP contribution < -0.4 is 0 Å². The fourth-order valence-electron chi connectivity index (χ4n) is 1.53. The second-order valence-corrected chi connectivity index (χ2v) is 4.66. The average molecular weight is 272 g/mol. The van der Waals surface area contributed by atoms with Gasteiger partial charge in [0.05, 0.1) is 5.38 Å². The highest BCUT2D eigenvalue weighted by atomic mass is 35.5. The second kappa shape index (κ2) is 5.09. The number of benzene rings is 2. The van der Waals surface area contributed by atoms with E-state index in [-0.39, 0.29) is 5.38 Å². The fraction of sp³-hybridized carbons (Fsp3) is 0.0769. The van der Waals surface area contributed by atoms with Crippen molar-refractivity contribution in [2.75, 3.05) is 0 Å². The van der Waals surface area contributed by atoms with E-state index in [0.717, 1.165) is 11.1 Å². The third kappa shape index (κ3) is 2.35. The Hall–Kier alpha value is -0.690. The number of alkyl halides is 1. The van der Waals surface area contributed by atoms with E-state index < -0.39 is 0 Å². The van der Waals surface area contributed by atoms with Crippen LogP contribution in [0.1, 0.15) is 16.5 Å². The molecule has 0 spiro atoms. The molecule has 0 saturated heterocycles. The molecule has 16 heavy (non-hydrogen) atoms. The molecule has 0 fully saturated rings. The standard InChI is InChI=1S/C13H9Cl3/c14-11-7-3-1-5-9(11)13(16)10-6-2-4-8-12(10)15/h1-8,13H. The summed E-state index contributed by atoms with van der Waals surface area (Å²) in [6.45, 7) is 0. The first-order valence-corrected chi connectivity index (χ1v) is 6.02. The van der Waals surface area contributed by atoms with E-state index in [0.29, 0.717) is 10.0 Å². The molecule has 0 unspecified atom stereocenters. The Morgan fingerprint density at radius 3 is 1.44 bits per heavy atom. The lowest BCUT2D eigenvalue weighted by atomic mass is 10.0. The van der Waals surface area contributed by atoms with E-state index in [9.17, 15) is 0 Å². The lowest BCUT2D eigenvalue weighted by molar-refractivity contribution is 1.14. The second-order valence-electron chi connectivity index (χ2n) is 3.41. The largest absolute Gasteiger partial charge is 0.112 e. The summed E-state index contributed by atoms with van der Waals surface area (Å²) in [5, 5.41) is 0.993. The fourth-order valence-corrected chi connectivity index (χ4v) is 2.51. The van der Waals surface area contributed by atoms with Gasteiger partial charge in [0, 0.05) is 10.0 Å². The zero-order chi connectivity index (χ0) is 11.5. The van der Waals surface area contributed by atoms with Crippen molar-refractivity contribution in [3.8, 4) is 0 Å². The Morgan fingerprint density at radius 2 is 1.06 bits per heavy atom. The van der Waals surface area contributed by atoms with Crippen LogP contribution in [0.5, 0.6) is 0 Å². The highest BCUT2D eigenvalue weighted by Gasteiger charge is 2.15. The molecule has 0 nitrogen and oxygen atoms in total. The van der Waals surface area contributed by atoms with Gasteiger partial charge in [-0.3, -0.25) is 0 Å². The van der Waals surface area contributed by atoms with E-state index in [1.54, 1.807) is 0 Å². The molecule has 82 valence electrons. The van der Waals surface area contributed by atoms with Gasteiger partial charge in [-0.1, -0.05) is 59.6 Å². The molecular weight excluding hydrogens is 263 g/mol. The van der Waals surface area contributed by atoms with Crippen molar-refractivity contribution in [2.45, 2.75) is 5.38 Å². The first-order chi connectivity index (χ1) is 7.70. The lowest BCUT2D eigenvalue weighted by Crippen LogP contribution is -1.94. The van der Waals surface area contributed by atoms with Gasteiger partial charge in [0.2, 0.25) is 0 Å². The Labute approximate surface area is 110 Å². The molecule has 0 amide bonds. The molecule has 0 heterocycles. The van der Waals surface area contributed by atoms with Crippen LogP contribution in [0.15, 0.2) is 48.5 Å². The summed E-state index contributed by atoms with van der Waals surface area (Å²) in [4.78, 5) is 0. The van der Waals surface area contributed by atoms with Gasteiger partial charge >= 0.3 is 0 Å². The molecule has 0 saturated carbocycles. The maximum atomic E-state index is 6.37. The van der Waals surface area contributed by atoms with E-state index >= 15 is 0 Å². The number of hydrogen-bond acceptors (Lipinski definition) is 0. The van der Waals surface area contributed by atoms with Crippen LogP contribution >= 0.6 is 34.8 Å². The van der Waals surface area contributed by atoms with Crippen molar-refractivity contribution in [2.24, 2.45) is 0 Å². The minimum absolute atomic E-state index is 0.317. The summed E-state index contributed by atoms with van der Waals surface area (Å²) in [5.41, 5.74) is 1.75. The first kappa shape index (κ1) is 11.8. The summed E-state index contributed by atoms with van der Waals surface area (Å²) in [6.07, 6.45) is 0. The molecule has 0 aliphatic carbocycles. The predicted molar refractivity (Wildman–Crippen MR) is 70.6 cm³/mol. The highest BCUT2D eigenvalue weighted by molar-refractivity contribution is 6.35. The molecule has 3 heteroatoms. The lowest BCUT2D eigenvalue weighted by Gasteiger charge is -2.13. The van der Waals surface area contributed by atoms with E-state index in [1.807, 2.05) is 48.5 Å². The topological polar surface area (TPSA) is 0 Å². The average Bonchev–Trinajstić information content (AvgIpc) is 2.29. The van der Waals surface area contributed by atoms with Gasteiger partial charge in [0.1, 0.15) is 0 Å². The molecule has 2 rings (SSSR count). The van der Waals surface area contributed by atoms with Crippen LogP contribution in [0.2, 0.25) is 10.0 Å². The number of halogens is 3. The van der Waals surface area contributed by atoms with Crippen molar-refractivity contribution in [1.82, 2.24) is 0 Å². The summed E-state index contributed by atoms with van der Waals surface area (Å²) in [6, 6.07) is 15.0. The first-order valence-electron chi connectivity index (χ1n) is 4.83. The third-order valence-corrected chi connectivity index (χ3v) is 3.52. The summed E-state index contributed by atoms with van der Waals surface area (Å²) in [7, 11) is 0. The molecule has 0 bridgehead atoms. The van der Waals surface area contributed by atoms with E-state index in [2.05, 4.69) is 0 Å². The SMILES string of the molecule is Clc1ccccc1C(Cl)c1ccccc1Cl. The van der Waals surface area contributed by atoms with E-state index in [4.69, 9.17) is 34.8 Å². The quantitative estimate of drug-likeness (QED) is 0.648. The van der Waals surface area contributed by atoms with Crippen molar-refractivity contribution < 1.29 is 0 Å². The normalized spacial score (nSPS) is 10.8. The van der Waals surface area contributed by atoms with Crippen LogP contribution in [-0.2, 0) is 0 Å². The van der Waals surface area contributed by atoms with Gasteiger partial charge in [-0.05, 0) is 23.3 Å². The third-order valence-electron chi connectivity index (χ3n) is 2.36. The summed E-state index contributed by atoms with van der Waals surface area (Å²) < 4.78 is 0. The minimum Gasteiger partial charge on any atom is -0.112 e. The summed E-state index contributed by atoms with van der Waals surface area (Å²) >= 11 is 18.6. The minimum atomic E-state index is -0.317. The van der Waals surface area contributed by atoms with Gasteiger partial charge in [0.25, 0.3) is 0 Å². The van der Waals surface area contributed by atoms with Gasteiger partial charge in [-0.25, -0.2) is 0 Å². The van der Waals surface area contributed by atoms with Gasteiger partial charge in [0.15, 0.2) is 0 Å². The zero-order valence-electron chi connectivity index (χ0n) is 8.33. The Bertz CT molecular complexity index is 449. The molecule has 0 aromatic heterocycles. The molecule has 0 aliphatic rings. The summed E-state index contributed by atoms with van der Waals surface area (Å²) in [5.74, 6) is 0. The van der Waals surface area contributed by atoms with Crippen LogP contribution in [0.3, 0.4) is 0 Å². The molecule has 0 N–H and O–H groups in total. The van der Waals surface area contributed by atoms with Crippen LogP contribution in [0.4, 0.5) is 0 Å². The molecule has 2 aromatic rings. The van der Waals surface area contributed by atoms with Gasteiger partial charge in [-0.15, -0.1) is 11.6 Å². The molecular formula is C13H9Cl3. The van der Waals surface area contributed by atoms with Crippen molar-refractivity contribution in [1.29, 1.82) is 0 Å². The molecule has 0 atom stereocenters. The maximum absolute atomic E-state index is 6.37. The highest BCUT2D eigenvalue weighted by Crippen LogP contribution is 2.36. The molecule has 0 aliphatic heterocycles. The number of hydrogen-bond donors (Lipinski definition) is 0. The van der Waals surface area contributed by atoms with Crippen molar-refractivity contribution in [3.05, 3.63) is 69.7 Å². The van der Waals surface area contributed by atoms with Crippen molar-refractivity contribution in [3.63, 3.8) is 0 Å². The van der Waals surface area contributed by atoms with Gasteiger partial charge < -0.3 is 0 Å². The number of rotatable bonds is 2. The smallest absolute Gasteiger partial charge is 0.0864 e. The van der Waals surface area contributed by atoms with Crippen molar-refractivity contribution >= 4 is 34.8 Å². The maximum Gasteiger partial charge on any atom is 0.0864 e. The van der Waals surface area contributed by atoms with Crippen LogP contribution in [-0.4, -0.2) is 0 Å². The van der Waals surface area contributed by atoms with Crippen LogP contribution in [0, 0.1) is 0 Å². The van der Waals surface area contributed by atoms with Crippen LogP contribution in [0.25, 0.3) is 0 Å². The predicted octanol–water partition coefficient (Wildman–Crippen LogP) is 5.32. The molecule has 2 aromatic carbocycles. The Kier molecular flexibility index (Phi) is 3.75. The monoisotopic (exact) mass is 270 g/mol. The zero-order valence-corrected chi connectivity index (χ0v) is 10.6. The van der Waals surface area contributed by atoms with E-state index in [1.165, 1.54) is 0 Å². The Morgan fingerprint density at radius 1 is 0.688 bits per heavy atom. The molecule has 0 radical (unpaired) electrons. The van der Waals surface area contributed by atoms with Gasteiger partial charge in [-0.2, -0.15) is 0 Å².